The third-order valence-corrected chi connectivity index (χ3v) is 1.88. The SMILES string of the molecule is N=C1NC(=O)CS1.O=C1CC=NO1. The van der Waals surface area contributed by atoms with Crippen LogP contribution in [0.3, 0.4) is 0 Å². The van der Waals surface area contributed by atoms with E-state index in [0.717, 1.165) is 0 Å². The fourth-order valence-corrected chi connectivity index (χ4v) is 1.12. The number of thioether (sulfide) groups is 1. The number of nitrogens with zero attached hydrogens (tertiary/aromatic N) is 1. The molecule has 13 heavy (non-hydrogen) atoms. The smallest absolute Gasteiger partial charge is 0.318 e. The van der Waals surface area contributed by atoms with Crippen molar-refractivity contribution >= 4 is 35.0 Å². The zero-order chi connectivity index (χ0) is 9.68. The van der Waals surface area contributed by atoms with Crippen LogP contribution in [0.15, 0.2) is 5.16 Å². The van der Waals surface area contributed by atoms with Crippen LogP contribution in [0.5, 0.6) is 0 Å². The summed E-state index contributed by atoms with van der Waals surface area (Å²) in [4.78, 5) is 24.2. The molecular formula is C6H7N3O3S. The van der Waals surface area contributed by atoms with Gasteiger partial charge in [-0.25, -0.2) is 4.79 Å². The molecule has 6 nitrogen and oxygen atoms in total. The van der Waals surface area contributed by atoms with Gasteiger partial charge in [-0.05, 0) is 0 Å². The van der Waals surface area contributed by atoms with Gasteiger partial charge in [-0.1, -0.05) is 16.9 Å². The maximum absolute atomic E-state index is 10.2. The van der Waals surface area contributed by atoms with E-state index in [1.807, 2.05) is 0 Å². The van der Waals surface area contributed by atoms with E-state index in [4.69, 9.17) is 5.41 Å². The first-order valence-corrected chi connectivity index (χ1v) is 4.40. The number of hydrogen-bond acceptors (Lipinski definition) is 6. The molecule has 7 heteroatoms. The minimum Gasteiger partial charge on any atom is -0.318 e. The van der Waals surface area contributed by atoms with Crippen molar-refractivity contribution in [2.45, 2.75) is 6.42 Å². The van der Waals surface area contributed by atoms with Gasteiger partial charge in [0.25, 0.3) is 0 Å². The fourth-order valence-electron chi connectivity index (χ4n) is 0.582. The van der Waals surface area contributed by atoms with Crippen LogP contribution in [0.25, 0.3) is 0 Å². The first-order valence-electron chi connectivity index (χ1n) is 3.41. The average Bonchev–Trinajstić information content (AvgIpc) is 2.64. The Kier molecular flexibility index (Phi) is 3.44. The third-order valence-electron chi connectivity index (χ3n) is 1.09. The molecule has 1 fully saturated rings. The summed E-state index contributed by atoms with van der Waals surface area (Å²) in [7, 11) is 0. The number of amides is 1. The number of rotatable bonds is 0. The highest BCUT2D eigenvalue weighted by Gasteiger charge is 2.13. The second kappa shape index (κ2) is 4.61. The lowest BCUT2D eigenvalue weighted by atomic mass is 10.5. The maximum atomic E-state index is 10.2. The molecule has 70 valence electrons. The predicted molar refractivity (Wildman–Crippen MR) is 47.5 cm³/mol. The lowest BCUT2D eigenvalue weighted by Gasteiger charge is -1.82. The zero-order valence-electron chi connectivity index (χ0n) is 6.57. The topological polar surface area (TPSA) is 91.6 Å². The minimum absolute atomic E-state index is 0.0602. The van der Waals surface area contributed by atoms with E-state index in [1.165, 1.54) is 18.0 Å². The molecule has 2 aliphatic rings. The van der Waals surface area contributed by atoms with Crippen LogP contribution < -0.4 is 5.32 Å². The summed E-state index contributed by atoms with van der Waals surface area (Å²) in [6, 6.07) is 0. The second-order valence-corrected chi connectivity index (χ2v) is 3.11. The molecule has 0 unspecified atom stereocenters. The van der Waals surface area contributed by atoms with Gasteiger partial charge >= 0.3 is 5.97 Å². The molecule has 2 rings (SSSR count). The lowest BCUT2D eigenvalue weighted by molar-refractivity contribution is -0.140. The molecule has 0 bridgehead atoms. The molecule has 2 N–H and O–H groups in total. The summed E-state index contributed by atoms with van der Waals surface area (Å²) in [5, 5.41) is 12.6. The van der Waals surface area contributed by atoms with Crippen LogP contribution in [0.4, 0.5) is 0 Å². The Morgan fingerprint density at radius 3 is 2.54 bits per heavy atom. The van der Waals surface area contributed by atoms with Crippen LogP contribution in [-0.2, 0) is 14.4 Å². The molecule has 2 heterocycles. The van der Waals surface area contributed by atoms with E-state index >= 15 is 0 Å². The van der Waals surface area contributed by atoms with Crippen molar-refractivity contribution in [3.8, 4) is 0 Å². The summed E-state index contributed by atoms with van der Waals surface area (Å²) >= 11 is 1.23. The van der Waals surface area contributed by atoms with Crippen molar-refractivity contribution in [3.05, 3.63) is 0 Å². The zero-order valence-corrected chi connectivity index (χ0v) is 7.39. The highest BCUT2D eigenvalue weighted by molar-refractivity contribution is 8.14. The van der Waals surface area contributed by atoms with Gasteiger partial charge in [-0.15, -0.1) is 0 Å². The Morgan fingerprint density at radius 1 is 1.62 bits per heavy atom. The second-order valence-electron chi connectivity index (χ2n) is 2.12. The van der Waals surface area contributed by atoms with E-state index in [-0.39, 0.29) is 17.0 Å². The van der Waals surface area contributed by atoms with E-state index in [2.05, 4.69) is 15.3 Å². The van der Waals surface area contributed by atoms with Gasteiger partial charge in [0.05, 0.1) is 18.4 Å². The molecule has 0 radical (unpaired) electrons. The molecule has 2 aliphatic heterocycles. The van der Waals surface area contributed by atoms with Gasteiger partial charge in [-0.2, -0.15) is 0 Å². The normalized spacial score (nSPS) is 19.2. The summed E-state index contributed by atoms with van der Waals surface area (Å²) in [6.07, 6.45) is 1.77. The molecule has 1 amide bonds. The van der Waals surface area contributed by atoms with Crippen LogP contribution >= 0.6 is 11.8 Å². The third kappa shape index (κ3) is 3.70. The lowest BCUT2D eigenvalue weighted by Crippen LogP contribution is -2.18. The predicted octanol–water partition coefficient (Wildman–Crippen LogP) is -0.297. The van der Waals surface area contributed by atoms with Crippen molar-refractivity contribution in [3.63, 3.8) is 0 Å². The highest BCUT2D eigenvalue weighted by Crippen LogP contribution is 2.04. The Labute approximate surface area is 78.2 Å². The van der Waals surface area contributed by atoms with E-state index < -0.39 is 0 Å². The van der Waals surface area contributed by atoms with Crippen molar-refractivity contribution in [2.75, 3.05) is 5.75 Å². The van der Waals surface area contributed by atoms with Crippen LogP contribution in [0, 0.1) is 5.41 Å². The standard InChI is InChI=1S/C3H4N2OS.C3H3NO2/c4-3-5-2(6)1-7-3;5-3-1-2-4-6-3/h1H2,(H2,4,5,6);2H,1H2. The first kappa shape index (κ1) is 9.72. The molecule has 0 atom stereocenters. The van der Waals surface area contributed by atoms with Crippen LogP contribution in [-0.4, -0.2) is 29.0 Å². The minimum atomic E-state index is -0.269. The van der Waals surface area contributed by atoms with Crippen molar-refractivity contribution in [1.29, 1.82) is 5.41 Å². The van der Waals surface area contributed by atoms with Crippen LogP contribution in [0.1, 0.15) is 6.42 Å². The number of oxime groups is 1. The molecule has 0 aromatic heterocycles. The van der Waals surface area contributed by atoms with Crippen molar-refractivity contribution in [1.82, 2.24) is 5.32 Å². The molecule has 0 aliphatic carbocycles. The summed E-state index contributed by atoms with van der Waals surface area (Å²) in [5.74, 6) is 0.0868. The van der Waals surface area contributed by atoms with Gasteiger partial charge < -0.3 is 10.2 Å². The molecule has 1 saturated heterocycles. The molecule has 0 spiro atoms. The number of carbonyl (C=O) groups is 2. The van der Waals surface area contributed by atoms with Gasteiger partial charge in [0, 0.05) is 0 Å². The van der Waals surface area contributed by atoms with Gasteiger partial charge in [0.1, 0.15) is 0 Å². The fraction of sp³-hybridized carbons (Fsp3) is 0.333. The number of amidine groups is 1. The molecule has 0 saturated carbocycles. The molecule has 0 aromatic carbocycles. The Morgan fingerprint density at radius 2 is 2.38 bits per heavy atom. The number of hydrogen-bond donors (Lipinski definition) is 2. The largest absolute Gasteiger partial charge is 0.340 e. The highest BCUT2D eigenvalue weighted by atomic mass is 32.2. The number of nitrogens with one attached hydrogen (secondary N) is 2. The Balaban J connectivity index is 0.000000132. The van der Waals surface area contributed by atoms with E-state index in [0.29, 0.717) is 12.2 Å². The quantitative estimate of drug-likeness (QED) is 0.526. The van der Waals surface area contributed by atoms with Gasteiger partial charge in [-0.3, -0.25) is 10.2 Å². The van der Waals surface area contributed by atoms with Crippen LogP contribution in [0.2, 0.25) is 0 Å². The maximum Gasteiger partial charge on any atom is 0.340 e. The summed E-state index contributed by atoms with van der Waals surface area (Å²) < 4.78 is 0. The summed E-state index contributed by atoms with van der Waals surface area (Å²) in [6.45, 7) is 0. The van der Waals surface area contributed by atoms with E-state index in [9.17, 15) is 9.59 Å². The van der Waals surface area contributed by atoms with Gasteiger partial charge in [0.2, 0.25) is 5.91 Å². The van der Waals surface area contributed by atoms with Crippen molar-refractivity contribution in [2.24, 2.45) is 5.16 Å². The molecule has 0 aromatic rings. The number of carbonyl (C=O) groups excluding carboxylic acids is 2. The van der Waals surface area contributed by atoms with Crippen molar-refractivity contribution < 1.29 is 14.4 Å². The van der Waals surface area contributed by atoms with Gasteiger partial charge in [0.15, 0.2) is 5.17 Å². The Hall–Kier alpha value is -1.37. The average molecular weight is 201 g/mol. The Bertz CT molecular complexity index is 252. The summed E-state index contributed by atoms with van der Waals surface area (Å²) in [5.41, 5.74) is 0. The monoisotopic (exact) mass is 201 g/mol. The van der Waals surface area contributed by atoms with E-state index in [1.54, 1.807) is 0 Å². The first-order chi connectivity index (χ1) is 6.18. The molecular weight excluding hydrogens is 194 g/mol.